The molecule has 0 N–H and O–H groups in total. The average molecular weight is 192 g/mol. The van der Waals surface area contributed by atoms with E-state index in [9.17, 15) is 0 Å². The van der Waals surface area contributed by atoms with E-state index < -0.39 is 0 Å². The number of hydrogen-bond acceptors (Lipinski definition) is 2. The molecular weight excluding hydrogens is 176 g/mol. The van der Waals surface area contributed by atoms with E-state index in [1.165, 1.54) is 0 Å². The van der Waals surface area contributed by atoms with Crippen molar-refractivity contribution in [2.75, 3.05) is 13.7 Å². The van der Waals surface area contributed by atoms with E-state index in [4.69, 9.17) is 9.47 Å². The summed E-state index contributed by atoms with van der Waals surface area (Å²) in [6, 6.07) is 7.89. The summed E-state index contributed by atoms with van der Waals surface area (Å²) >= 11 is 0. The molecule has 0 aromatic heterocycles. The summed E-state index contributed by atoms with van der Waals surface area (Å²) in [7, 11) is 1.70. The van der Waals surface area contributed by atoms with Crippen molar-refractivity contribution < 1.29 is 9.47 Å². The third kappa shape index (κ3) is 2.89. The average Bonchev–Trinajstić information content (AvgIpc) is 2.26. The predicted molar refractivity (Wildman–Crippen MR) is 57.6 cm³/mol. The highest BCUT2D eigenvalue weighted by Gasteiger charge is 2.02. The molecule has 1 rings (SSSR count). The van der Waals surface area contributed by atoms with Gasteiger partial charge in [0.2, 0.25) is 0 Å². The van der Waals surface area contributed by atoms with Gasteiger partial charge in [0.15, 0.2) is 0 Å². The first-order valence-electron chi connectivity index (χ1n) is 4.64. The van der Waals surface area contributed by atoms with Crippen LogP contribution in [0.3, 0.4) is 0 Å². The molecule has 0 saturated heterocycles. The van der Waals surface area contributed by atoms with Crippen LogP contribution in [0.25, 0.3) is 0 Å². The summed E-state index contributed by atoms with van der Waals surface area (Å²) in [5.41, 5.74) is 1.15. The van der Waals surface area contributed by atoms with Gasteiger partial charge < -0.3 is 9.47 Å². The molecule has 0 fully saturated rings. The van der Waals surface area contributed by atoms with Gasteiger partial charge in [-0.1, -0.05) is 24.8 Å². The van der Waals surface area contributed by atoms with Crippen LogP contribution in [0.1, 0.15) is 18.6 Å². The van der Waals surface area contributed by atoms with Crippen LogP contribution >= 0.6 is 0 Å². The van der Waals surface area contributed by atoms with Crippen molar-refractivity contribution in [3.05, 3.63) is 42.5 Å². The number of hydrogen-bond donors (Lipinski definition) is 0. The van der Waals surface area contributed by atoms with Crippen LogP contribution in [-0.4, -0.2) is 13.7 Å². The molecule has 0 aliphatic rings. The van der Waals surface area contributed by atoms with Crippen molar-refractivity contribution >= 4 is 0 Å². The van der Waals surface area contributed by atoms with Gasteiger partial charge in [-0.2, -0.15) is 0 Å². The molecule has 0 radical (unpaired) electrons. The van der Waals surface area contributed by atoms with Gasteiger partial charge in [-0.15, -0.1) is 0 Å². The lowest BCUT2D eigenvalue weighted by atomic mass is 10.1. The second-order valence-electron chi connectivity index (χ2n) is 3.05. The maximum atomic E-state index is 5.36. The Hall–Kier alpha value is -1.28. The van der Waals surface area contributed by atoms with Crippen molar-refractivity contribution in [3.8, 4) is 5.75 Å². The van der Waals surface area contributed by atoms with E-state index in [0.717, 1.165) is 11.3 Å². The Morgan fingerprint density at radius 2 is 2.00 bits per heavy atom. The maximum Gasteiger partial charge on any atom is 0.119 e. The van der Waals surface area contributed by atoms with Crippen LogP contribution in [0.5, 0.6) is 5.75 Å². The van der Waals surface area contributed by atoms with Crippen LogP contribution < -0.4 is 4.74 Å². The third-order valence-corrected chi connectivity index (χ3v) is 2.07. The largest absolute Gasteiger partial charge is 0.490 e. The van der Waals surface area contributed by atoms with Gasteiger partial charge in [-0.05, 0) is 24.6 Å². The Morgan fingerprint density at radius 3 is 2.50 bits per heavy atom. The molecule has 0 aliphatic heterocycles. The molecule has 14 heavy (non-hydrogen) atoms. The van der Waals surface area contributed by atoms with E-state index in [0.29, 0.717) is 6.61 Å². The van der Waals surface area contributed by atoms with Crippen molar-refractivity contribution in [2.45, 2.75) is 13.0 Å². The molecule has 2 nitrogen and oxygen atoms in total. The molecule has 0 bridgehead atoms. The predicted octanol–water partition coefficient (Wildman–Crippen LogP) is 2.96. The van der Waals surface area contributed by atoms with E-state index in [1.54, 1.807) is 13.2 Å². The molecule has 0 heterocycles. The SMILES string of the molecule is C=CCOc1ccc(C(C)OC)cc1. The smallest absolute Gasteiger partial charge is 0.119 e. The summed E-state index contributed by atoms with van der Waals surface area (Å²) in [6.45, 7) is 6.14. The number of methoxy groups -OCH3 is 1. The first-order chi connectivity index (χ1) is 6.77. The van der Waals surface area contributed by atoms with Crippen LogP contribution in [0.15, 0.2) is 36.9 Å². The monoisotopic (exact) mass is 192 g/mol. The maximum absolute atomic E-state index is 5.36. The first-order valence-corrected chi connectivity index (χ1v) is 4.64. The summed E-state index contributed by atoms with van der Waals surface area (Å²) in [5.74, 6) is 0.858. The minimum Gasteiger partial charge on any atom is -0.490 e. The fourth-order valence-corrected chi connectivity index (χ4v) is 1.13. The Morgan fingerprint density at radius 1 is 1.36 bits per heavy atom. The lowest BCUT2D eigenvalue weighted by Crippen LogP contribution is -1.96. The fourth-order valence-electron chi connectivity index (χ4n) is 1.13. The molecule has 1 atom stereocenters. The Kier molecular flexibility index (Phi) is 4.20. The van der Waals surface area contributed by atoms with Crippen molar-refractivity contribution in [2.24, 2.45) is 0 Å². The zero-order valence-electron chi connectivity index (χ0n) is 8.69. The Balaban J connectivity index is 2.63. The summed E-state index contributed by atoms with van der Waals surface area (Å²) in [4.78, 5) is 0. The second-order valence-corrected chi connectivity index (χ2v) is 3.05. The van der Waals surface area contributed by atoms with Crippen LogP contribution in [-0.2, 0) is 4.74 Å². The highest BCUT2D eigenvalue weighted by atomic mass is 16.5. The Labute approximate surface area is 85.2 Å². The highest BCUT2D eigenvalue weighted by molar-refractivity contribution is 5.28. The van der Waals surface area contributed by atoms with E-state index in [-0.39, 0.29) is 6.10 Å². The lowest BCUT2D eigenvalue weighted by Gasteiger charge is -2.10. The number of ether oxygens (including phenoxy) is 2. The van der Waals surface area contributed by atoms with Gasteiger partial charge in [0.05, 0.1) is 6.10 Å². The molecule has 0 spiro atoms. The quantitative estimate of drug-likeness (QED) is 0.668. The minimum absolute atomic E-state index is 0.128. The highest BCUT2D eigenvalue weighted by Crippen LogP contribution is 2.19. The molecule has 76 valence electrons. The van der Waals surface area contributed by atoms with Crippen LogP contribution in [0.4, 0.5) is 0 Å². The molecule has 0 amide bonds. The van der Waals surface area contributed by atoms with Crippen molar-refractivity contribution in [3.63, 3.8) is 0 Å². The lowest BCUT2D eigenvalue weighted by molar-refractivity contribution is 0.119. The van der Waals surface area contributed by atoms with Crippen molar-refractivity contribution in [1.29, 1.82) is 0 Å². The number of rotatable bonds is 5. The van der Waals surface area contributed by atoms with E-state index in [2.05, 4.69) is 6.58 Å². The minimum atomic E-state index is 0.128. The molecule has 0 aliphatic carbocycles. The van der Waals surface area contributed by atoms with Gasteiger partial charge in [0.1, 0.15) is 12.4 Å². The van der Waals surface area contributed by atoms with Crippen LogP contribution in [0, 0.1) is 0 Å². The zero-order chi connectivity index (χ0) is 10.4. The van der Waals surface area contributed by atoms with Gasteiger partial charge in [0, 0.05) is 7.11 Å². The van der Waals surface area contributed by atoms with E-state index >= 15 is 0 Å². The molecule has 1 unspecified atom stereocenters. The second kappa shape index (κ2) is 5.45. The summed E-state index contributed by atoms with van der Waals surface area (Å²) in [6.07, 6.45) is 1.86. The standard InChI is InChI=1S/C12H16O2/c1-4-9-14-12-7-5-11(6-8-12)10(2)13-3/h4-8,10H,1,9H2,2-3H3. The Bertz CT molecular complexity index is 277. The first kappa shape index (κ1) is 10.8. The zero-order valence-corrected chi connectivity index (χ0v) is 8.69. The third-order valence-electron chi connectivity index (χ3n) is 2.07. The van der Waals surface area contributed by atoms with Gasteiger partial charge in [-0.3, -0.25) is 0 Å². The molecule has 1 aromatic carbocycles. The van der Waals surface area contributed by atoms with Gasteiger partial charge in [0.25, 0.3) is 0 Å². The topological polar surface area (TPSA) is 18.5 Å². The number of benzene rings is 1. The van der Waals surface area contributed by atoms with Gasteiger partial charge in [-0.25, -0.2) is 0 Å². The molecule has 0 saturated carbocycles. The van der Waals surface area contributed by atoms with Crippen molar-refractivity contribution in [1.82, 2.24) is 0 Å². The fraction of sp³-hybridized carbons (Fsp3) is 0.333. The molecule has 2 heteroatoms. The summed E-state index contributed by atoms with van der Waals surface area (Å²) in [5, 5.41) is 0. The van der Waals surface area contributed by atoms with Gasteiger partial charge >= 0.3 is 0 Å². The summed E-state index contributed by atoms with van der Waals surface area (Å²) < 4.78 is 10.6. The van der Waals surface area contributed by atoms with E-state index in [1.807, 2.05) is 31.2 Å². The molecule has 1 aromatic rings. The normalized spacial score (nSPS) is 12.1. The van der Waals surface area contributed by atoms with Crippen LogP contribution in [0.2, 0.25) is 0 Å². The molecular formula is C12H16O2.